The summed E-state index contributed by atoms with van der Waals surface area (Å²) in [5.74, 6) is 0.282. The molecule has 0 aromatic heterocycles. The topological polar surface area (TPSA) is 63.4 Å². The minimum Gasteiger partial charge on any atom is -0.392 e. The van der Waals surface area contributed by atoms with Gasteiger partial charge in [-0.1, -0.05) is 12.2 Å². The first-order valence-corrected chi connectivity index (χ1v) is 6.81. The average molecular weight is 234 g/mol. The fourth-order valence-corrected chi connectivity index (χ4v) is 4.55. The molecule has 2 heterocycles. The van der Waals surface area contributed by atoms with Gasteiger partial charge in [-0.3, -0.25) is 4.90 Å². The Morgan fingerprint density at radius 3 is 2.64 bits per heavy atom. The van der Waals surface area contributed by atoms with Gasteiger partial charge >= 0.3 is 0 Å². The van der Waals surface area contributed by atoms with E-state index in [1.54, 1.807) is 0 Å². The molecule has 3 atom stereocenters. The predicted molar refractivity (Wildman–Crippen MR) is 58.9 cm³/mol. The molecule has 4 nitrogen and oxygen atoms in total. The zero-order chi connectivity index (χ0) is 10.5. The van der Waals surface area contributed by atoms with Crippen LogP contribution >= 0.6 is 12.2 Å². The molecule has 2 N–H and O–H groups in total. The van der Waals surface area contributed by atoms with Crippen LogP contribution in [0.2, 0.25) is 0 Å². The molecule has 0 aliphatic carbocycles. The van der Waals surface area contributed by atoms with Gasteiger partial charge in [-0.25, -0.2) is 8.42 Å². The standard InChI is InChI=1S/C8H14N2O2S2/c1-5(8(9)13)10-3-7-2-6(10)4-14(7,11)12/h5-7H,2-4H2,1H3,(H2,9,13). The van der Waals surface area contributed by atoms with E-state index in [2.05, 4.69) is 4.90 Å². The summed E-state index contributed by atoms with van der Waals surface area (Å²) in [6.07, 6.45) is 0.759. The minimum atomic E-state index is -2.81. The van der Waals surface area contributed by atoms with E-state index in [1.165, 1.54) is 0 Å². The predicted octanol–water partition coefficient (Wildman–Crippen LogP) is -0.468. The second-order valence-corrected chi connectivity index (χ2v) is 6.91. The molecular weight excluding hydrogens is 220 g/mol. The zero-order valence-corrected chi connectivity index (χ0v) is 9.64. The lowest BCUT2D eigenvalue weighted by atomic mass is 10.2. The Kier molecular flexibility index (Phi) is 2.32. The van der Waals surface area contributed by atoms with Crippen molar-refractivity contribution < 1.29 is 8.42 Å². The maximum absolute atomic E-state index is 11.5. The van der Waals surface area contributed by atoms with Crippen LogP contribution in [0.1, 0.15) is 13.3 Å². The Bertz CT molecular complexity index is 366. The molecule has 0 amide bonds. The largest absolute Gasteiger partial charge is 0.392 e. The van der Waals surface area contributed by atoms with E-state index < -0.39 is 9.84 Å². The van der Waals surface area contributed by atoms with Crippen LogP contribution in [0.5, 0.6) is 0 Å². The third-order valence-electron chi connectivity index (χ3n) is 3.26. The first kappa shape index (κ1) is 10.3. The molecule has 2 fully saturated rings. The molecule has 0 aromatic rings. The third-order valence-corrected chi connectivity index (χ3v) is 5.81. The quantitative estimate of drug-likeness (QED) is 0.655. The normalized spacial score (nSPS) is 37.2. The van der Waals surface area contributed by atoms with Crippen LogP contribution in [-0.2, 0) is 9.84 Å². The first-order chi connectivity index (χ1) is 6.42. The molecule has 2 rings (SSSR count). The van der Waals surface area contributed by atoms with Crippen LogP contribution in [-0.4, -0.2) is 47.9 Å². The lowest BCUT2D eigenvalue weighted by Gasteiger charge is -2.31. The lowest BCUT2D eigenvalue weighted by molar-refractivity contribution is 0.245. The third kappa shape index (κ3) is 1.45. The zero-order valence-electron chi connectivity index (χ0n) is 8.01. The van der Waals surface area contributed by atoms with E-state index in [-0.39, 0.29) is 23.1 Å². The fraction of sp³-hybridized carbons (Fsp3) is 0.875. The summed E-state index contributed by atoms with van der Waals surface area (Å²) in [7, 11) is -2.81. The summed E-state index contributed by atoms with van der Waals surface area (Å²) in [6, 6.07) is 0.164. The Hall–Kier alpha value is -0.200. The molecule has 2 aliphatic rings. The molecule has 0 saturated carbocycles. The fourth-order valence-electron chi connectivity index (χ4n) is 2.36. The van der Waals surface area contributed by atoms with Crippen LogP contribution in [0, 0.1) is 0 Å². The first-order valence-electron chi connectivity index (χ1n) is 4.68. The van der Waals surface area contributed by atoms with Crippen molar-refractivity contribution >= 4 is 27.0 Å². The number of thiocarbonyl (C=S) groups is 1. The second kappa shape index (κ2) is 3.15. The summed E-state index contributed by atoms with van der Waals surface area (Å²) >= 11 is 4.91. The van der Waals surface area contributed by atoms with Gasteiger partial charge in [0.05, 0.1) is 22.0 Å². The maximum atomic E-state index is 11.5. The maximum Gasteiger partial charge on any atom is 0.156 e. The number of nitrogens with zero attached hydrogens (tertiary/aromatic N) is 1. The van der Waals surface area contributed by atoms with Gasteiger partial charge in [0.15, 0.2) is 9.84 Å². The number of rotatable bonds is 2. The molecule has 3 unspecified atom stereocenters. The second-order valence-electron chi connectivity index (χ2n) is 4.12. The van der Waals surface area contributed by atoms with Crippen molar-refractivity contribution in [3.05, 3.63) is 0 Å². The number of hydrogen-bond acceptors (Lipinski definition) is 4. The summed E-state index contributed by atoms with van der Waals surface area (Å²) < 4.78 is 22.9. The summed E-state index contributed by atoms with van der Waals surface area (Å²) in [5, 5.41) is -0.177. The highest BCUT2D eigenvalue weighted by Crippen LogP contribution is 2.34. The Morgan fingerprint density at radius 2 is 2.29 bits per heavy atom. The summed E-state index contributed by atoms with van der Waals surface area (Å²) in [4.78, 5) is 2.57. The molecule has 80 valence electrons. The van der Waals surface area contributed by atoms with Gasteiger partial charge in [-0.05, 0) is 13.3 Å². The van der Waals surface area contributed by atoms with Gasteiger partial charge in [-0.2, -0.15) is 0 Å². The van der Waals surface area contributed by atoms with Gasteiger partial charge in [0.2, 0.25) is 0 Å². The van der Waals surface area contributed by atoms with Crippen LogP contribution in [0.4, 0.5) is 0 Å². The lowest BCUT2D eigenvalue weighted by Crippen LogP contribution is -2.49. The van der Waals surface area contributed by atoms with Crippen molar-refractivity contribution in [2.24, 2.45) is 5.73 Å². The van der Waals surface area contributed by atoms with Crippen LogP contribution < -0.4 is 5.73 Å². The van der Waals surface area contributed by atoms with Crippen molar-refractivity contribution in [1.82, 2.24) is 4.90 Å². The molecular formula is C8H14N2O2S2. The molecule has 2 saturated heterocycles. The number of likely N-dealkylation sites (tertiary alicyclic amines) is 1. The Morgan fingerprint density at radius 1 is 1.64 bits per heavy atom. The number of nitrogens with two attached hydrogens (primary N) is 1. The molecule has 6 heteroatoms. The van der Waals surface area contributed by atoms with Crippen molar-refractivity contribution in [1.29, 1.82) is 0 Å². The van der Waals surface area contributed by atoms with E-state index in [9.17, 15) is 8.42 Å². The highest BCUT2D eigenvalue weighted by Gasteiger charge is 2.49. The highest BCUT2D eigenvalue weighted by atomic mass is 32.2. The smallest absolute Gasteiger partial charge is 0.156 e. The van der Waals surface area contributed by atoms with E-state index in [1.807, 2.05) is 6.92 Å². The molecule has 0 aromatic carbocycles. The molecule has 2 aliphatic heterocycles. The molecule has 0 radical (unpaired) electrons. The van der Waals surface area contributed by atoms with Gasteiger partial charge in [-0.15, -0.1) is 0 Å². The number of hydrogen-bond donors (Lipinski definition) is 1. The molecule has 2 bridgehead atoms. The number of sulfone groups is 1. The Labute approximate surface area is 89.4 Å². The van der Waals surface area contributed by atoms with Crippen molar-refractivity contribution in [3.63, 3.8) is 0 Å². The van der Waals surface area contributed by atoms with Crippen molar-refractivity contribution in [2.75, 3.05) is 12.3 Å². The van der Waals surface area contributed by atoms with E-state index in [0.717, 1.165) is 6.42 Å². The summed E-state index contributed by atoms with van der Waals surface area (Å²) in [6.45, 7) is 2.54. The minimum absolute atomic E-state index is 0.0236. The van der Waals surface area contributed by atoms with E-state index in [4.69, 9.17) is 18.0 Å². The Balaban J connectivity index is 2.14. The van der Waals surface area contributed by atoms with E-state index >= 15 is 0 Å². The number of fused-ring (bicyclic) bond motifs is 2. The van der Waals surface area contributed by atoms with Gasteiger partial charge in [0.1, 0.15) is 0 Å². The average Bonchev–Trinajstić information content (AvgIpc) is 2.57. The van der Waals surface area contributed by atoms with Crippen LogP contribution in [0.15, 0.2) is 0 Å². The van der Waals surface area contributed by atoms with Crippen LogP contribution in [0.25, 0.3) is 0 Å². The SMILES string of the molecule is CC(C(N)=S)N1CC2CC1CS2(=O)=O. The summed E-state index contributed by atoms with van der Waals surface area (Å²) in [5.41, 5.74) is 5.56. The molecule has 0 spiro atoms. The molecule has 14 heavy (non-hydrogen) atoms. The van der Waals surface area contributed by atoms with Crippen molar-refractivity contribution in [3.8, 4) is 0 Å². The van der Waals surface area contributed by atoms with E-state index in [0.29, 0.717) is 11.5 Å². The van der Waals surface area contributed by atoms with Gasteiger partial charge in [0, 0.05) is 12.6 Å². The van der Waals surface area contributed by atoms with Gasteiger partial charge in [0.25, 0.3) is 0 Å². The monoisotopic (exact) mass is 234 g/mol. The van der Waals surface area contributed by atoms with Gasteiger partial charge < -0.3 is 5.73 Å². The van der Waals surface area contributed by atoms with Crippen molar-refractivity contribution in [2.45, 2.75) is 30.7 Å². The highest BCUT2D eigenvalue weighted by molar-refractivity contribution is 7.92. The van der Waals surface area contributed by atoms with Crippen LogP contribution in [0.3, 0.4) is 0 Å².